The van der Waals surface area contributed by atoms with Crippen molar-refractivity contribution in [3.05, 3.63) is 78.3 Å². The van der Waals surface area contributed by atoms with Crippen LogP contribution in [0.25, 0.3) is 5.57 Å². The fraction of sp³-hybridized carbons (Fsp3) is 0.444. The lowest BCUT2D eigenvalue weighted by molar-refractivity contribution is -0.120. The molecule has 1 aromatic carbocycles. The largest absolute Gasteiger partial charge is 0.502 e. The topological polar surface area (TPSA) is 79.2 Å². The van der Waals surface area contributed by atoms with E-state index in [0.29, 0.717) is 31.8 Å². The molecular formula is C27H37NO5. The van der Waals surface area contributed by atoms with Gasteiger partial charge in [-0.2, -0.15) is 0 Å². The number of amides is 1. The molecule has 0 bridgehead atoms. The van der Waals surface area contributed by atoms with Crippen molar-refractivity contribution in [2.75, 3.05) is 26.4 Å². The third kappa shape index (κ3) is 8.22. The predicted molar refractivity (Wildman–Crippen MR) is 131 cm³/mol. The maximum Gasteiger partial charge on any atom is 0.210 e. The zero-order valence-corrected chi connectivity index (χ0v) is 19.7. The molecule has 0 fully saturated rings. The first-order valence-corrected chi connectivity index (χ1v) is 11.6. The highest BCUT2D eigenvalue weighted by molar-refractivity contribution is 5.67. The molecule has 0 radical (unpaired) electrons. The van der Waals surface area contributed by atoms with Crippen LogP contribution in [0.4, 0.5) is 0 Å². The van der Waals surface area contributed by atoms with Crippen molar-refractivity contribution in [1.82, 2.24) is 4.90 Å². The molecule has 6 nitrogen and oxygen atoms in total. The number of benzene rings is 1. The minimum absolute atomic E-state index is 0.0162. The minimum Gasteiger partial charge on any atom is -0.502 e. The summed E-state index contributed by atoms with van der Waals surface area (Å²) in [5, 5.41) is 19.4. The molecule has 3 unspecified atom stereocenters. The second-order valence-electron chi connectivity index (χ2n) is 8.07. The van der Waals surface area contributed by atoms with Gasteiger partial charge < -0.3 is 24.6 Å². The van der Waals surface area contributed by atoms with Crippen molar-refractivity contribution in [2.45, 2.75) is 45.3 Å². The molecular weight excluding hydrogens is 418 g/mol. The zero-order chi connectivity index (χ0) is 24.1. The quantitative estimate of drug-likeness (QED) is 0.239. The van der Waals surface area contributed by atoms with Crippen LogP contribution in [0.1, 0.15) is 37.8 Å². The van der Waals surface area contributed by atoms with Crippen LogP contribution in [0, 0.1) is 5.92 Å². The minimum atomic E-state index is -0.667. The van der Waals surface area contributed by atoms with Crippen molar-refractivity contribution in [3.63, 3.8) is 0 Å². The van der Waals surface area contributed by atoms with Gasteiger partial charge in [0.15, 0.2) is 0 Å². The summed E-state index contributed by atoms with van der Waals surface area (Å²) in [7, 11) is 0. The molecule has 0 heterocycles. The number of nitrogens with zero attached hydrogens (tertiary/aromatic N) is 1. The van der Waals surface area contributed by atoms with Gasteiger partial charge in [-0.05, 0) is 48.6 Å². The Hall–Kier alpha value is -2.83. The standard InChI is InChI=1S/C27H37NO5/c1-4-22-9-6-7-10-26(22)21(3)17-23-11-12-25(33-19-24(31)13-16-32-5-2)18-27(23)28(20-30)14-8-15-29/h5-7,9-12,17-18,20,23-24,27,29,31H,2,4,8,13-16,19H2,1,3H3/b21-17+. The van der Waals surface area contributed by atoms with E-state index >= 15 is 0 Å². The number of hydrogen-bond donors (Lipinski definition) is 2. The summed E-state index contributed by atoms with van der Waals surface area (Å²) in [5.41, 5.74) is 3.63. The molecule has 1 aromatic rings. The maximum absolute atomic E-state index is 11.9. The van der Waals surface area contributed by atoms with E-state index in [2.05, 4.69) is 38.6 Å². The van der Waals surface area contributed by atoms with E-state index in [0.717, 1.165) is 18.4 Å². The van der Waals surface area contributed by atoms with Gasteiger partial charge in [0.25, 0.3) is 0 Å². The summed E-state index contributed by atoms with van der Waals surface area (Å²) in [4.78, 5) is 13.6. The number of aliphatic hydroxyl groups excluding tert-OH is 2. The van der Waals surface area contributed by atoms with E-state index < -0.39 is 6.10 Å². The number of carbonyl (C=O) groups is 1. The smallest absolute Gasteiger partial charge is 0.210 e. The number of hydrogen-bond acceptors (Lipinski definition) is 5. The van der Waals surface area contributed by atoms with Crippen LogP contribution >= 0.6 is 0 Å². The lowest BCUT2D eigenvalue weighted by Crippen LogP contribution is -2.39. The summed E-state index contributed by atoms with van der Waals surface area (Å²) in [5.74, 6) is 0.563. The van der Waals surface area contributed by atoms with Gasteiger partial charge in [0.05, 0.1) is 25.0 Å². The summed E-state index contributed by atoms with van der Waals surface area (Å²) in [6.45, 7) is 8.68. The van der Waals surface area contributed by atoms with Crippen LogP contribution in [-0.4, -0.2) is 60.0 Å². The first-order chi connectivity index (χ1) is 16.0. The molecule has 2 N–H and O–H groups in total. The fourth-order valence-electron chi connectivity index (χ4n) is 3.90. The van der Waals surface area contributed by atoms with Crippen molar-refractivity contribution >= 4 is 12.0 Å². The normalized spacial score (nSPS) is 18.9. The van der Waals surface area contributed by atoms with Crippen molar-refractivity contribution in [3.8, 4) is 0 Å². The Kier molecular flexibility index (Phi) is 11.5. The molecule has 180 valence electrons. The molecule has 33 heavy (non-hydrogen) atoms. The van der Waals surface area contributed by atoms with Gasteiger partial charge in [0, 0.05) is 25.5 Å². The Morgan fingerprint density at radius 1 is 1.33 bits per heavy atom. The van der Waals surface area contributed by atoms with Gasteiger partial charge in [-0.15, -0.1) is 0 Å². The molecule has 0 saturated heterocycles. The molecule has 1 amide bonds. The van der Waals surface area contributed by atoms with Crippen LogP contribution < -0.4 is 0 Å². The Balaban J connectivity index is 2.21. The predicted octanol–water partition coefficient (Wildman–Crippen LogP) is 3.86. The van der Waals surface area contributed by atoms with E-state index in [-0.39, 0.29) is 25.2 Å². The van der Waals surface area contributed by atoms with Crippen LogP contribution in [-0.2, 0) is 20.7 Å². The first kappa shape index (κ1) is 26.4. The van der Waals surface area contributed by atoms with Gasteiger partial charge >= 0.3 is 0 Å². The Labute approximate surface area is 197 Å². The summed E-state index contributed by atoms with van der Waals surface area (Å²) in [6.07, 6.45) is 11.4. The number of rotatable bonds is 15. The first-order valence-electron chi connectivity index (χ1n) is 11.6. The second-order valence-corrected chi connectivity index (χ2v) is 8.07. The van der Waals surface area contributed by atoms with E-state index in [4.69, 9.17) is 9.47 Å². The highest BCUT2D eigenvalue weighted by Gasteiger charge is 2.26. The zero-order valence-electron chi connectivity index (χ0n) is 19.7. The van der Waals surface area contributed by atoms with Crippen molar-refractivity contribution < 1.29 is 24.5 Å². The van der Waals surface area contributed by atoms with E-state index in [1.165, 1.54) is 17.4 Å². The number of allylic oxidation sites excluding steroid dienone is 2. The van der Waals surface area contributed by atoms with E-state index in [1.54, 1.807) is 4.90 Å². The van der Waals surface area contributed by atoms with Crippen molar-refractivity contribution in [1.29, 1.82) is 0 Å². The van der Waals surface area contributed by atoms with Gasteiger partial charge in [-0.25, -0.2) is 0 Å². The molecule has 1 aliphatic rings. The maximum atomic E-state index is 11.9. The lowest BCUT2D eigenvalue weighted by Gasteiger charge is -2.33. The van der Waals surface area contributed by atoms with Gasteiger partial charge in [-0.1, -0.05) is 49.9 Å². The van der Waals surface area contributed by atoms with Crippen LogP contribution in [0.2, 0.25) is 0 Å². The van der Waals surface area contributed by atoms with Crippen LogP contribution in [0.5, 0.6) is 0 Å². The molecule has 0 saturated carbocycles. The number of aryl methyl sites for hydroxylation is 1. The number of aliphatic hydroxyl groups is 2. The summed E-state index contributed by atoms with van der Waals surface area (Å²) < 4.78 is 10.9. The molecule has 0 aliphatic heterocycles. The lowest BCUT2D eigenvalue weighted by atomic mass is 9.88. The summed E-state index contributed by atoms with van der Waals surface area (Å²) >= 11 is 0. The third-order valence-electron chi connectivity index (χ3n) is 5.70. The van der Waals surface area contributed by atoms with Crippen molar-refractivity contribution in [2.24, 2.45) is 5.92 Å². The molecule has 0 aromatic heterocycles. The molecule has 1 aliphatic carbocycles. The molecule has 6 heteroatoms. The SMILES string of the molecule is C=COCCC(O)COC1=CC(N(C=O)CCCO)C(/C=C(\C)c2ccccc2CC)C=C1. The van der Waals surface area contributed by atoms with E-state index in [1.807, 2.05) is 30.4 Å². The number of ether oxygens (including phenoxy) is 2. The van der Waals surface area contributed by atoms with Crippen LogP contribution in [0.15, 0.2) is 67.2 Å². The van der Waals surface area contributed by atoms with Gasteiger partial charge in [-0.3, -0.25) is 4.79 Å². The Bertz CT molecular complexity index is 845. The molecule has 2 rings (SSSR count). The average molecular weight is 456 g/mol. The highest BCUT2D eigenvalue weighted by atomic mass is 16.5. The number of carbonyl (C=O) groups excluding carboxylic acids is 1. The van der Waals surface area contributed by atoms with Gasteiger partial charge in [0.1, 0.15) is 12.4 Å². The fourth-order valence-corrected chi connectivity index (χ4v) is 3.90. The van der Waals surface area contributed by atoms with E-state index in [9.17, 15) is 15.0 Å². The van der Waals surface area contributed by atoms with Gasteiger partial charge in [0.2, 0.25) is 6.41 Å². The Morgan fingerprint density at radius 3 is 2.82 bits per heavy atom. The molecule has 0 spiro atoms. The second kappa shape index (κ2) is 14.3. The van der Waals surface area contributed by atoms with Crippen LogP contribution in [0.3, 0.4) is 0 Å². The third-order valence-corrected chi connectivity index (χ3v) is 5.70. The monoisotopic (exact) mass is 455 g/mol. The summed E-state index contributed by atoms with van der Waals surface area (Å²) in [6, 6.07) is 8.09. The molecule has 3 atom stereocenters. The Morgan fingerprint density at radius 2 is 2.12 bits per heavy atom. The highest BCUT2D eigenvalue weighted by Crippen LogP contribution is 2.28. The average Bonchev–Trinajstić information content (AvgIpc) is 2.84.